The number of nitrogens with zero attached hydrogens (tertiary/aromatic N) is 3. The molecule has 4 nitrogen and oxygen atoms in total. The van der Waals surface area contributed by atoms with Gasteiger partial charge in [0.15, 0.2) is 0 Å². The second-order valence-corrected chi connectivity index (χ2v) is 9.50. The minimum atomic E-state index is 0.106. The van der Waals surface area contributed by atoms with E-state index in [1.54, 1.807) is 0 Å². The van der Waals surface area contributed by atoms with Gasteiger partial charge in [0.2, 0.25) is 0 Å². The maximum atomic E-state index is 4.96. The SMILES string of the molecule is CC(C)c1nc(NC2CCCCC2)cc(N2Cc3ccccc3C(C)(C)C2)n1. The molecular formula is C24H34N4. The molecule has 0 saturated heterocycles. The zero-order valence-electron chi connectivity index (χ0n) is 17.8. The summed E-state index contributed by atoms with van der Waals surface area (Å²) in [5.74, 6) is 3.31. The van der Waals surface area contributed by atoms with Crippen LogP contribution in [0.15, 0.2) is 30.3 Å². The van der Waals surface area contributed by atoms with Crippen molar-refractivity contribution in [3.8, 4) is 0 Å². The van der Waals surface area contributed by atoms with E-state index in [2.05, 4.69) is 68.2 Å². The van der Waals surface area contributed by atoms with E-state index in [1.165, 1.54) is 43.2 Å². The Morgan fingerprint density at radius 2 is 1.82 bits per heavy atom. The van der Waals surface area contributed by atoms with Gasteiger partial charge in [-0.15, -0.1) is 0 Å². The average molecular weight is 379 g/mol. The van der Waals surface area contributed by atoms with Crippen LogP contribution in [0, 0.1) is 0 Å². The summed E-state index contributed by atoms with van der Waals surface area (Å²) < 4.78 is 0. The fourth-order valence-electron chi connectivity index (χ4n) is 4.71. The number of nitrogens with one attached hydrogen (secondary N) is 1. The van der Waals surface area contributed by atoms with Gasteiger partial charge < -0.3 is 10.2 Å². The maximum Gasteiger partial charge on any atom is 0.135 e. The monoisotopic (exact) mass is 378 g/mol. The van der Waals surface area contributed by atoms with Crippen molar-refractivity contribution in [1.82, 2.24) is 9.97 Å². The zero-order chi connectivity index (χ0) is 19.7. The number of fused-ring (bicyclic) bond motifs is 1. The molecule has 150 valence electrons. The second kappa shape index (κ2) is 7.73. The molecule has 1 aliphatic heterocycles. The Bertz CT molecular complexity index is 821. The Morgan fingerprint density at radius 1 is 1.07 bits per heavy atom. The van der Waals surface area contributed by atoms with Gasteiger partial charge in [-0.25, -0.2) is 9.97 Å². The molecule has 1 aromatic carbocycles. The summed E-state index contributed by atoms with van der Waals surface area (Å²) in [6.45, 7) is 10.9. The minimum absolute atomic E-state index is 0.106. The normalized spacial score (nSPS) is 19.5. The molecule has 0 amide bonds. The van der Waals surface area contributed by atoms with Crippen molar-refractivity contribution in [2.45, 2.75) is 83.7 Å². The Morgan fingerprint density at radius 3 is 2.57 bits per heavy atom. The standard InChI is InChI=1S/C24H34N4/c1-17(2)23-26-21(25-19-11-6-5-7-12-19)14-22(27-23)28-15-18-10-8-9-13-20(18)24(3,4)16-28/h8-10,13-14,17,19H,5-7,11-12,15-16H2,1-4H3,(H,25,26,27). The second-order valence-electron chi connectivity index (χ2n) is 9.50. The van der Waals surface area contributed by atoms with Crippen molar-refractivity contribution in [2.75, 3.05) is 16.8 Å². The molecule has 0 bridgehead atoms. The molecule has 0 radical (unpaired) electrons. The molecular weight excluding hydrogens is 344 g/mol. The average Bonchev–Trinajstić information content (AvgIpc) is 2.68. The van der Waals surface area contributed by atoms with E-state index in [0.717, 1.165) is 30.5 Å². The van der Waals surface area contributed by atoms with E-state index in [-0.39, 0.29) is 5.41 Å². The van der Waals surface area contributed by atoms with Crippen LogP contribution in [0.1, 0.15) is 82.7 Å². The van der Waals surface area contributed by atoms with Crippen molar-refractivity contribution < 1.29 is 0 Å². The first-order valence-corrected chi connectivity index (χ1v) is 10.9. The first-order chi connectivity index (χ1) is 13.4. The van der Waals surface area contributed by atoms with Crippen LogP contribution < -0.4 is 10.2 Å². The predicted octanol–water partition coefficient (Wildman–Crippen LogP) is 5.64. The van der Waals surface area contributed by atoms with Crippen LogP contribution >= 0.6 is 0 Å². The zero-order valence-corrected chi connectivity index (χ0v) is 17.8. The van der Waals surface area contributed by atoms with E-state index in [1.807, 2.05) is 0 Å². The van der Waals surface area contributed by atoms with Crippen LogP contribution in [0.2, 0.25) is 0 Å². The third-order valence-corrected chi connectivity index (χ3v) is 6.22. The largest absolute Gasteiger partial charge is 0.367 e. The van der Waals surface area contributed by atoms with E-state index in [9.17, 15) is 0 Å². The number of hydrogen-bond donors (Lipinski definition) is 1. The molecule has 4 heteroatoms. The van der Waals surface area contributed by atoms with Gasteiger partial charge in [0.25, 0.3) is 0 Å². The summed E-state index contributed by atoms with van der Waals surface area (Å²) >= 11 is 0. The van der Waals surface area contributed by atoms with E-state index in [4.69, 9.17) is 9.97 Å². The fraction of sp³-hybridized carbons (Fsp3) is 0.583. The van der Waals surface area contributed by atoms with E-state index >= 15 is 0 Å². The summed E-state index contributed by atoms with van der Waals surface area (Å²) in [5.41, 5.74) is 2.98. The molecule has 0 atom stereocenters. The van der Waals surface area contributed by atoms with Crippen molar-refractivity contribution in [1.29, 1.82) is 0 Å². The Labute approximate surface area is 169 Å². The van der Waals surface area contributed by atoms with Gasteiger partial charge in [0.05, 0.1) is 0 Å². The molecule has 1 saturated carbocycles. The molecule has 2 aliphatic rings. The van der Waals surface area contributed by atoms with Gasteiger partial charge in [-0.1, -0.05) is 71.2 Å². The third kappa shape index (κ3) is 4.01. The number of anilines is 2. The summed E-state index contributed by atoms with van der Waals surface area (Å²) in [6, 6.07) is 11.6. The lowest BCUT2D eigenvalue weighted by atomic mass is 9.78. The first-order valence-electron chi connectivity index (χ1n) is 10.9. The Balaban J connectivity index is 1.65. The Kier molecular flexibility index (Phi) is 5.31. The summed E-state index contributed by atoms with van der Waals surface area (Å²) in [5, 5.41) is 3.72. The van der Waals surface area contributed by atoms with Crippen LogP contribution in [0.4, 0.5) is 11.6 Å². The summed E-state index contributed by atoms with van der Waals surface area (Å²) in [4.78, 5) is 12.2. The summed E-state index contributed by atoms with van der Waals surface area (Å²) in [7, 11) is 0. The van der Waals surface area contributed by atoms with Crippen LogP contribution in [0.3, 0.4) is 0 Å². The van der Waals surface area contributed by atoms with Crippen LogP contribution in [0.25, 0.3) is 0 Å². The van der Waals surface area contributed by atoms with Crippen molar-refractivity contribution in [2.24, 2.45) is 0 Å². The minimum Gasteiger partial charge on any atom is -0.367 e. The van der Waals surface area contributed by atoms with Crippen LogP contribution in [-0.4, -0.2) is 22.6 Å². The first kappa shape index (κ1) is 19.2. The van der Waals surface area contributed by atoms with E-state index < -0.39 is 0 Å². The molecule has 2 heterocycles. The Hall–Kier alpha value is -2.10. The molecule has 1 N–H and O–H groups in total. The van der Waals surface area contributed by atoms with Crippen LogP contribution in [-0.2, 0) is 12.0 Å². The number of hydrogen-bond acceptors (Lipinski definition) is 4. The molecule has 0 spiro atoms. The molecule has 2 aromatic rings. The highest BCUT2D eigenvalue weighted by Gasteiger charge is 2.32. The highest BCUT2D eigenvalue weighted by atomic mass is 15.2. The predicted molar refractivity (Wildman–Crippen MR) is 117 cm³/mol. The summed E-state index contributed by atoms with van der Waals surface area (Å²) in [6.07, 6.45) is 6.52. The molecule has 0 unspecified atom stereocenters. The van der Waals surface area contributed by atoms with Gasteiger partial charge in [-0.2, -0.15) is 0 Å². The third-order valence-electron chi connectivity index (χ3n) is 6.22. The number of rotatable bonds is 4. The molecule has 1 aromatic heterocycles. The van der Waals surface area contributed by atoms with E-state index in [0.29, 0.717) is 12.0 Å². The van der Waals surface area contributed by atoms with Gasteiger partial charge in [0.1, 0.15) is 17.5 Å². The molecule has 1 aliphatic carbocycles. The van der Waals surface area contributed by atoms with Crippen molar-refractivity contribution in [3.63, 3.8) is 0 Å². The number of aromatic nitrogens is 2. The van der Waals surface area contributed by atoms with Crippen molar-refractivity contribution >= 4 is 11.6 Å². The lowest BCUT2D eigenvalue weighted by Gasteiger charge is -2.40. The highest BCUT2D eigenvalue weighted by Crippen LogP contribution is 2.36. The highest BCUT2D eigenvalue weighted by molar-refractivity contribution is 5.53. The quantitative estimate of drug-likeness (QED) is 0.747. The smallest absolute Gasteiger partial charge is 0.135 e. The maximum absolute atomic E-state index is 4.96. The lowest BCUT2D eigenvalue weighted by molar-refractivity contribution is 0.461. The molecule has 4 rings (SSSR count). The van der Waals surface area contributed by atoms with Crippen LogP contribution in [0.5, 0.6) is 0 Å². The molecule has 1 fully saturated rings. The van der Waals surface area contributed by atoms with Gasteiger partial charge in [0, 0.05) is 36.5 Å². The number of benzene rings is 1. The van der Waals surface area contributed by atoms with Gasteiger partial charge in [-0.05, 0) is 24.0 Å². The van der Waals surface area contributed by atoms with Gasteiger partial charge >= 0.3 is 0 Å². The lowest BCUT2D eigenvalue weighted by Crippen LogP contribution is -2.42. The van der Waals surface area contributed by atoms with Gasteiger partial charge in [-0.3, -0.25) is 0 Å². The molecule has 28 heavy (non-hydrogen) atoms. The fourth-order valence-corrected chi connectivity index (χ4v) is 4.71. The topological polar surface area (TPSA) is 41.1 Å². The van der Waals surface area contributed by atoms with Crippen molar-refractivity contribution in [3.05, 3.63) is 47.3 Å².